The van der Waals surface area contributed by atoms with Crippen LogP contribution in [0.15, 0.2) is 48.1 Å². The number of amides is 5. The Morgan fingerprint density at radius 1 is 0.960 bits per heavy atom. The Morgan fingerprint density at radius 2 is 1.68 bits per heavy atom. The number of hydrogen-bond acceptors (Lipinski definition) is 12. The summed E-state index contributed by atoms with van der Waals surface area (Å²) in [6.45, 7) is 6.27. The normalized spacial score (nSPS) is 28.0. The largest absolute Gasteiger partial charge is 0.465 e. The minimum atomic E-state index is -1.18. The molecule has 2 fully saturated rings. The van der Waals surface area contributed by atoms with Crippen molar-refractivity contribution in [1.82, 2.24) is 9.80 Å². The van der Waals surface area contributed by atoms with Crippen molar-refractivity contribution in [3.8, 4) is 0 Å². The molecule has 0 aromatic carbocycles. The van der Waals surface area contributed by atoms with Gasteiger partial charge in [-0.3, -0.25) is 28.9 Å². The predicted molar refractivity (Wildman–Crippen MR) is 178 cm³/mol. The van der Waals surface area contributed by atoms with Gasteiger partial charge in [-0.25, -0.2) is 14.5 Å². The van der Waals surface area contributed by atoms with E-state index in [-0.39, 0.29) is 12.6 Å². The second kappa shape index (κ2) is 19.7. The van der Waals surface area contributed by atoms with E-state index in [1.165, 1.54) is 32.2 Å². The van der Waals surface area contributed by atoms with Crippen LogP contribution in [0.5, 0.6) is 0 Å². The first-order valence-corrected chi connectivity index (χ1v) is 17.0. The molecule has 0 aliphatic carbocycles. The van der Waals surface area contributed by atoms with Gasteiger partial charge in [0.25, 0.3) is 11.8 Å². The lowest BCUT2D eigenvalue weighted by Crippen LogP contribution is -2.46. The SMILES string of the molecule is CCCCCCCC(=O)OCC/C=C/C1OC1C1OC(=O)/C=C\C=C\C(=O)N(C(C)=O)C(=O)/C=C(/C)CCC2OC2C1OC(=O)N(C)C(C)=O. The molecule has 0 spiro atoms. The Morgan fingerprint density at radius 3 is 2.38 bits per heavy atom. The number of carbonyl (C=O) groups is 7. The maximum atomic E-state index is 13.0. The quantitative estimate of drug-likeness (QED) is 0.0714. The van der Waals surface area contributed by atoms with E-state index in [1.54, 1.807) is 19.1 Å². The van der Waals surface area contributed by atoms with Crippen LogP contribution in [0.2, 0.25) is 0 Å². The summed E-state index contributed by atoms with van der Waals surface area (Å²) in [4.78, 5) is 88.5. The highest BCUT2D eigenvalue weighted by Crippen LogP contribution is 2.40. The van der Waals surface area contributed by atoms with Gasteiger partial charge in [-0.1, -0.05) is 62.5 Å². The van der Waals surface area contributed by atoms with Gasteiger partial charge in [0.1, 0.15) is 18.3 Å². The van der Waals surface area contributed by atoms with Gasteiger partial charge >= 0.3 is 18.0 Å². The first kappa shape index (κ1) is 40.0. The van der Waals surface area contributed by atoms with Crippen molar-refractivity contribution >= 4 is 41.7 Å². The Hall–Kier alpha value is -4.43. The van der Waals surface area contributed by atoms with E-state index in [4.69, 9.17) is 23.7 Å². The maximum absolute atomic E-state index is 13.0. The Bertz CT molecular complexity index is 1400. The van der Waals surface area contributed by atoms with Crippen LogP contribution in [0.4, 0.5) is 4.79 Å². The van der Waals surface area contributed by atoms with Gasteiger partial charge in [-0.05, 0) is 32.6 Å². The highest BCUT2D eigenvalue weighted by molar-refractivity contribution is 6.16. The molecule has 0 aromatic rings. The standard InChI is InChI=1S/C36H48N2O12/c1-6-7-8-9-10-17-30(43)46-21-14-13-15-26-32(47-26)34-35(50-36(45)37(5)24(3)39)33-27(48-33)20-19-23(2)22-29(42)38(25(4)40)28(41)16-11-12-18-31(44)49-34/h11-13,15-16,18,22,26-27,32-35H,6-10,14,17,19-21H2,1-5H3/b15-13+,16-11+,18-12-,23-22-. The molecule has 0 N–H and O–H groups in total. The predicted octanol–water partition coefficient (Wildman–Crippen LogP) is 4.02. The third kappa shape index (κ3) is 12.8. The number of epoxide rings is 2. The summed E-state index contributed by atoms with van der Waals surface area (Å²) in [6.07, 6.45) is 9.88. The zero-order chi connectivity index (χ0) is 36.8. The molecule has 14 heteroatoms. The van der Waals surface area contributed by atoms with Crippen molar-refractivity contribution in [2.45, 2.75) is 122 Å². The van der Waals surface area contributed by atoms with Crippen LogP contribution in [-0.2, 0) is 52.5 Å². The molecular formula is C36H48N2O12. The summed E-state index contributed by atoms with van der Waals surface area (Å²) in [5, 5.41) is 0. The average molecular weight is 701 g/mol. The zero-order valence-corrected chi connectivity index (χ0v) is 29.4. The molecule has 3 rings (SSSR count). The molecule has 3 aliphatic heterocycles. The zero-order valence-electron chi connectivity index (χ0n) is 29.4. The van der Waals surface area contributed by atoms with E-state index in [0.29, 0.717) is 36.2 Å². The molecule has 0 aromatic heterocycles. The molecule has 3 heterocycles. The number of cyclic esters (lactones) is 1. The lowest BCUT2D eigenvalue weighted by molar-refractivity contribution is -0.153. The number of fused-ring (bicyclic) bond motifs is 1. The van der Waals surface area contributed by atoms with Crippen LogP contribution in [0, 0.1) is 0 Å². The van der Waals surface area contributed by atoms with Gasteiger partial charge in [0.2, 0.25) is 11.8 Å². The lowest BCUT2D eigenvalue weighted by Gasteiger charge is -2.26. The summed E-state index contributed by atoms with van der Waals surface area (Å²) in [5.74, 6) is -4.17. The van der Waals surface area contributed by atoms with Gasteiger partial charge < -0.3 is 23.7 Å². The highest BCUT2D eigenvalue weighted by Gasteiger charge is 2.58. The molecule has 50 heavy (non-hydrogen) atoms. The summed E-state index contributed by atoms with van der Waals surface area (Å²) in [7, 11) is 1.25. The number of rotatable bonds is 12. The molecule has 5 amide bonds. The number of carbonyl (C=O) groups excluding carboxylic acids is 7. The molecule has 2 saturated heterocycles. The summed E-state index contributed by atoms with van der Waals surface area (Å²) >= 11 is 0. The molecule has 0 saturated carbocycles. The van der Waals surface area contributed by atoms with E-state index in [1.807, 2.05) is 0 Å². The first-order valence-electron chi connectivity index (χ1n) is 17.0. The number of unbranched alkanes of at least 4 members (excludes halogenated alkanes) is 4. The molecule has 14 nitrogen and oxygen atoms in total. The summed E-state index contributed by atoms with van der Waals surface area (Å²) in [5.41, 5.74) is 0.567. The fourth-order valence-electron chi connectivity index (χ4n) is 5.27. The van der Waals surface area contributed by atoms with E-state index in [2.05, 4.69) is 6.92 Å². The van der Waals surface area contributed by atoms with E-state index < -0.39 is 72.3 Å². The molecule has 0 bridgehead atoms. The number of nitrogens with zero attached hydrogens (tertiary/aromatic N) is 2. The fourth-order valence-corrected chi connectivity index (χ4v) is 5.27. The van der Waals surface area contributed by atoms with Crippen LogP contribution < -0.4 is 0 Å². The molecular weight excluding hydrogens is 652 g/mol. The van der Waals surface area contributed by atoms with Gasteiger partial charge in [-0.15, -0.1) is 0 Å². The van der Waals surface area contributed by atoms with E-state index in [9.17, 15) is 33.6 Å². The Kier molecular flexibility index (Phi) is 15.7. The van der Waals surface area contributed by atoms with E-state index >= 15 is 0 Å². The van der Waals surface area contributed by atoms with Crippen LogP contribution in [0.3, 0.4) is 0 Å². The van der Waals surface area contributed by atoms with Crippen molar-refractivity contribution in [2.24, 2.45) is 0 Å². The van der Waals surface area contributed by atoms with Crippen molar-refractivity contribution < 1.29 is 57.2 Å². The summed E-state index contributed by atoms with van der Waals surface area (Å²) < 4.78 is 28.5. The van der Waals surface area contributed by atoms with Crippen molar-refractivity contribution in [2.75, 3.05) is 13.7 Å². The number of imide groups is 4. The lowest BCUT2D eigenvalue weighted by atomic mass is 10.00. The average Bonchev–Trinajstić information content (AvgIpc) is 3.98. The van der Waals surface area contributed by atoms with Crippen LogP contribution in [0.1, 0.15) is 85.5 Å². The van der Waals surface area contributed by atoms with Gasteiger partial charge in [0, 0.05) is 45.5 Å². The molecule has 274 valence electrons. The van der Waals surface area contributed by atoms with Crippen LogP contribution in [0.25, 0.3) is 0 Å². The topological polar surface area (TPSA) is 179 Å². The smallest absolute Gasteiger partial charge is 0.416 e. The van der Waals surface area contributed by atoms with Crippen molar-refractivity contribution in [1.29, 1.82) is 0 Å². The highest BCUT2D eigenvalue weighted by atomic mass is 16.7. The van der Waals surface area contributed by atoms with Crippen LogP contribution in [-0.4, -0.2) is 102 Å². The molecule has 0 radical (unpaired) electrons. The summed E-state index contributed by atoms with van der Waals surface area (Å²) in [6, 6.07) is 0. The van der Waals surface area contributed by atoms with Gasteiger partial charge in [-0.2, -0.15) is 0 Å². The minimum absolute atomic E-state index is 0.194. The third-order valence-corrected chi connectivity index (χ3v) is 8.28. The Labute approximate surface area is 292 Å². The number of ether oxygens (including phenoxy) is 5. The fraction of sp³-hybridized carbons (Fsp3) is 0.583. The molecule has 3 aliphatic rings. The van der Waals surface area contributed by atoms with Crippen molar-refractivity contribution in [3.63, 3.8) is 0 Å². The minimum Gasteiger partial charge on any atom is -0.465 e. The van der Waals surface area contributed by atoms with Crippen molar-refractivity contribution in [3.05, 3.63) is 48.1 Å². The number of allylic oxidation sites excluding steroid dienone is 3. The van der Waals surface area contributed by atoms with Gasteiger partial charge in [0.15, 0.2) is 12.2 Å². The second-order valence-electron chi connectivity index (χ2n) is 12.4. The van der Waals surface area contributed by atoms with Gasteiger partial charge in [0.05, 0.1) is 12.7 Å². The second-order valence-corrected chi connectivity index (χ2v) is 12.4. The molecule has 6 unspecified atom stereocenters. The van der Waals surface area contributed by atoms with Crippen LogP contribution >= 0.6 is 0 Å². The third-order valence-electron chi connectivity index (χ3n) is 8.28. The Balaban J connectivity index is 1.76. The van der Waals surface area contributed by atoms with E-state index in [0.717, 1.165) is 56.1 Å². The monoisotopic (exact) mass is 700 g/mol. The number of esters is 2. The molecule has 6 atom stereocenters. The maximum Gasteiger partial charge on any atom is 0.416 e. The first-order chi connectivity index (χ1) is 23.8. The number of hydrogen-bond donors (Lipinski definition) is 0.